The van der Waals surface area contributed by atoms with Gasteiger partial charge in [0.1, 0.15) is 11.6 Å². The van der Waals surface area contributed by atoms with Gasteiger partial charge < -0.3 is 24.7 Å². The zero-order valence-corrected chi connectivity index (χ0v) is 23.6. The van der Waals surface area contributed by atoms with E-state index in [4.69, 9.17) is 9.47 Å². The van der Waals surface area contributed by atoms with Gasteiger partial charge in [0, 0.05) is 59.5 Å². The summed E-state index contributed by atoms with van der Waals surface area (Å²) in [6, 6.07) is 16.0. The Bertz CT molecular complexity index is 1660. The molecule has 1 aliphatic rings. The van der Waals surface area contributed by atoms with Gasteiger partial charge in [0.2, 0.25) is 0 Å². The summed E-state index contributed by atoms with van der Waals surface area (Å²) >= 11 is 0. The Labute approximate surface area is 242 Å². The van der Waals surface area contributed by atoms with Crippen LogP contribution in [0, 0.1) is 5.82 Å². The Hall–Kier alpha value is -4.99. The minimum absolute atomic E-state index is 0.147. The van der Waals surface area contributed by atoms with Gasteiger partial charge >= 0.3 is 12.1 Å². The summed E-state index contributed by atoms with van der Waals surface area (Å²) in [5.74, 6) is -1.11. The molecule has 5 rings (SSSR count). The second-order valence-corrected chi connectivity index (χ2v) is 10.6. The van der Waals surface area contributed by atoms with Crippen molar-refractivity contribution in [3.8, 4) is 5.75 Å². The van der Waals surface area contributed by atoms with Crippen molar-refractivity contribution in [1.29, 1.82) is 0 Å². The van der Waals surface area contributed by atoms with Crippen LogP contribution in [0.4, 0.5) is 9.18 Å². The summed E-state index contributed by atoms with van der Waals surface area (Å²) in [4.78, 5) is 48.2. The lowest BCUT2D eigenvalue weighted by molar-refractivity contribution is -0.136. The van der Waals surface area contributed by atoms with Crippen LogP contribution in [0.1, 0.15) is 48.1 Å². The van der Waals surface area contributed by atoms with Gasteiger partial charge in [0.15, 0.2) is 0 Å². The van der Waals surface area contributed by atoms with Crippen molar-refractivity contribution in [2.45, 2.75) is 32.6 Å². The standard InChI is InChI=1S/C32H31FN4O5/c1-4-41-30(39)25-18-37(29(38)20-8-10-21(33)11-9-20)19-32(2,3)27-24-17-23(12-13-26(24)36-28(25)27)42-31(40)35-16-14-22-7-5-6-15-34-22/h5-13,15,17-18,36H,4,14,16,19H2,1-3H3,(H,35,40). The van der Waals surface area contributed by atoms with Crippen molar-refractivity contribution in [1.82, 2.24) is 20.2 Å². The number of hydrogen-bond acceptors (Lipinski definition) is 6. The number of esters is 1. The van der Waals surface area contributed by atoms with E-state index < -0.39 is 23.3 Å². The topological polar surface area (TPSA) is 114 Å². The molecule has 3 heterocycles. The molecule has 0 bridgehead atoms. The number of rotatable bonds is 7. The van der Waals surface area contributed by atoms with E-state index >= 15 is 0 Å². The average Bonchev–Trinajstić information content (AvgIpc) is 3.30. The number of benzene rings is 2. The number of pyridine rings is 1. The quantitative estimate of drug-likeness (QED) is 0.289. The number of carbonyl (C=O) groups is 3. The molecule has 2 amide bonds. The van der Waals surface area contributed by atoms with E-state index in [2.05, 4.69) is 15.3 Å². The summed E-state index contributed by atoms with van der Waals surface area (Å²) in [5.41, 5.74) is 2.66. The second-order valence-electron chi connectivity index (χ2n) is 10.6. The molecule has 0 atom stereocenters. The third kappa shape index (κ3) is 6.02. The lowest BCUT2D eigenvalue weighted by atomic mass is 9.81. The summed E-state index contributed by atoms with van der Waals surface area (Å²) in [6.07, 6.45) is 3.14. The summed E-state index contributed by atoms with van der Waals surface area (Å²) in [5, 5.41) is 3.47. The number of aromatic nitrogens is 2. The predicted octanol–water partition coefficient (Wildman–Crippen LogP) is 5.37. The molecule has 0 radical (unpaired) electrons. The van der Waals surface area contributed by atoms with E-state index in [1.54, 1.807) is 31.3 Å². The zero-order chi connectivity index (χ0) is 29.9. The minimum Gasteiger partial charge on any atom is -0.462 e. The number of fused-ring (bicyclic) bond motifs is 3. The molecule has 216 valence electrons. The lowest BCUT2D eigenvalue weighted by Crippen LogP contribution is -2.37. The highest BCUT2D eigenvalue weighted by atomic mass is 19.1. The highest BCUT2D eigenvalue weighted by Gasteiger charge is 2.37. The maximum atomic E-state index is 13.5. The Morgan fingerprint density at radius 3 is 2.60 bits per heavy atom. The van der Waals surface area contributed by atoms with E-state index in [1.807, 2.05) is 32.0 Å². The van der Waals surface area contributed by atoms with Crippen molar-refractivity contribution in [2.75, 3.05) is 19.7 Å². The van der Waals surface area contributed by atoms with E-state index in [1.165, 1.54) is 35.4 Å². The lowest BCUT2D eigenvalue weighted by Gasteiger charge is -2.29. The normalized spacial score (nSPS) is 14.0. The highest BCUT2D eigenvalue weighted by Crippen LogP contribution is 2.41. The molecular formula is C32H31FN4O5. The molecule has 0 saturated carbocycles. The smallest absolute Gasteiger partial charge is 0.412 e. The van der Waals surface area contributed by atoms with Crippen LogP contribution in [0.5, 0.6) is 5.75 Å². The number of halogens is 1. The molecule has 2 aromatic heterocycles. The van der Waals surface area contributed by atoms with Crippen LogP contribution in [0.2, 0.25) is 0 Å². The van der Waals surface area contributed by atoms with Crippen LogP contribution in [0.15, 0.2) is 73.1 Å². The Morgan fingerprint density at radius 2 is 1.88 bits per heavy atom. The number of H-pyrrole nitrogens is 1. The molecule has 0 saturated heterocycles. The Balaban J connectivity index is 1.46. The Morgan fingerprint density at radius 1 is 1.10 bits per heavy atom. The number of nitrogens with zero attached hydrogens (tertiary/aromatic N) is 2. The van der Waals surface area contributed by atoms with Gasteiger partial charge in [0.25, 0.3) is 5.91 Å². The van der Waals surface area contributed by atoms with Gasteiger partial charge in [-0.15, -0.1) is 0 Å². The molecule has 10 heteroatoms. The molecule has 0 unspecified atom stereocenters. The van der Waals surface area contributed by atoms with E-state index in [0.29, 0.717) is 24.4 Å². The molecule has 9 nitrogen and oxygen atoms in total. The first-order chi connectivity index (χ1) is 20.2. The van der Waals surface area contributed by atoms with Crippen molar-refractivity contribution >= 4 is 34.4 Å². The molecule has 0 spiro atoms. The number of carbonyl (C=O) groups excluding carboxylic acids is 3. The fourth-order valence-corrected chi connectivity index (χ4v) is 5.14. The SMILES string of the molecule is CCOC(=O)C1=CN(C(=O)c2ccc(F)cc2)CC(C)(C)c2c1[nH]c1ccc(OC(=O)NCCc3ccccn3)cc21. The van der Waals surface area contributed by atoms with Gasteiger partial charge in [0.05, 0.1) is 17.9 Å². The van der Waals surface area contributed by atoms with Crippen molar-refractivity contribution in [2.24, 2.45) is 0 Å². The van der Waals surface area contributed by atoms with Crippen LogP contribution < -0.4 is 10.1 Å². The predicted molar refractivity (Wildman–Crippen MR) is 155 cm³/mol. The highest BCUT2D eigenvalue weighted by molar-refractivity contribution is 6.18. The monoisotopic (exact) mass is 570 g/mol. The average molecular weight is 571 g/mol. The van der Waals surface area contributed by atoms with Crippen LogP contribution >= 0.6 is 0 Å². The maximum Gasteiger partial charge on any atom is 0.412 e. The van der Waals surface area contributed by atoms with Gasteiger partial charge in [-0.05, 0) is 67.1 Å². The van der Waals surface area contributed by atoms with Gasteiger partial charge in [-0.3, -0.25) is 9.78 Å². The van der Waals surface area contributed by atoms with Crippen LogP contribution in [0.3, 0.4) is 0 Å². The molecule has 2 aromatic carbocycles. The number of aromatic amines is 1. The first-order valence-corrected chi connectivity index (χ1v) is 13.6. The largest absolute Gasteiger partial charge is 0.462 e. The van der Waals surface area contributed by atoms with Crippen LogP contribution in [-0.2, 0) is 21.4 Å². The number of hydrogen-bond donors (Lipinski definition) is 2. The van der Waals surface area contributed by atoms with Crippen LogP contribution in [0.25, 0.3) is 16.5 Å². The summed E-state index contributed by atoms with van der Waals surface area (Å²) < 4.78 is 24.5. The van der Waals surface area contributed by atoms with Crippen molar-refractivity contribution in [3.05, 3.63) is 101 Å². The molecule has 1 aliphatic heterocycles. The maximum absolute atomic E-state index is 13.5. The third-order valence-corrected chi connectivity index (χ3v) is 7.00. The van der Waals surface area contributed by atoms with Gasteiger partial charge in [-0.1, -0.05) is 19.9 Å². The first kappa shape index (κ1) is 28.5. The third-order valence-electron chi connectivity index (χ3n) is 7.00. The molecule has 4 aromatic rings. The molecule has 2 N–H and O–H groups in total. The summed E-state index contributed by atoms with van der Waals surface area (Å²) in [6.45, 7) is 6.35. The molecular weight excluding hydrogens is 539 g/mol. The van der Waals surface area contributed by atoms with Gasteiger partial charge in [-0.25, -0.2) is 14.0 Å². The zero-order valence-electron chi connectivity index (χ0n) is 23.6. The molecule has 0 fully saturated rings. The van der Waals surface area contributed by atoms with Crippen molar-refractivity contribution < 1.29 is 28.2 Å². The second kappa shape index (κ2) is 11.9. The first-order valence-electron chi connectivity index (χ1n) is 13.6. The Kier molecular flexibility index (Phi) is 8.06. The van der Waals surface area contributed by atoms with Gasteiger partial charge in [-0.2, -0.15) is 0 Å². The minimum atomic E-state index is -0.669. The number of nitrogens with one attached hydrogen (secondary N) is 2. The number of ether oxygens (including phenoxy) is 2. The van der Waals surface area contributed by atoms with Crippen molar-refractivity contribution in [3.63, 3.8) is 0 Å². The van der Waals surface area contributed by atoms with Crippen LogP contribution in [-0.4, -0.2) is 52.5 Å². The van der Waals surface area contributed by atoms with E-state index in [0.717, 1.165) is 22.2 Å². The fraction of sp³-hybridized carbons (Fsp3) is 0.250. The molecule has 42 heavy (non-hydrogen) atoms. The fourth-order valence-electron chi connectivity index (χ4n) is 5.14. The van der Waals surface area contributed by atoms with E-state index in [-0.39, 0.29) is 30.2 Å². The van der Waals surface area contributed by atoms with E-state index in [9.17, 15) is 18.8 Å². The molecule has 0 aliphatic carbocycles. The summed E-state index contributed by atoms with van der Waals surface area (Å²) in [7, 11) is 0. The number of amides is 2.